The molecule has 5 aromatic heterocycles. The van der Waals surface area contributed by atoms with Gasteiger partial charge in [0.15, 0.2) is 0 Å². The van der Waals surface area contributed by atoms with Crippen LogP contribution in [0.25, 0.3) is 122 Å². The Hall–Kier alpha value is -9.00. The lowest BCUT2D eigenvalue weighted by atomic mass is 10.1. The van der Waals surface area contributed by atoms with E-state index in [1.54, 1.807) is 0 Å². The summed E-state index contributed by atoms with van der Waals surface area (Å²) in [6, 6.07) is 80.5. The third-order valence-electron chi connectivity index (χ3n) is 13.4. The van der Waals surface area contributed by atoms with Crippen molar-refractivity contribution in [3.05, 3.63) is 231 Å². The van der Waals surface area contributed by atoms with Gasteiger partial charge in [-0.2, -0.15) is 0 Å². The second-order valence-corrected chi connectivity index (χ2v) is 17.0. The molecule has 6 nitrogen and oxygen atoms in total. The van der Waals surface area contributed by atoms with E-state index in [-0.39, 0.29) is 0 Å². The van der Waals surface area contributed by atoms with E-state index in [4.69, 9.17) is 9.97 Å². The highest BCUT2D eigenvalue weighted by atomic mass is 15.1. The molecule has 9 aromatic carbocycles. The summed E-state index contributed by atoms with van der Waals surface area (Å²) in [5, 5.41) is 7.37. The Morgan fingerprint density at radius 2 is 0.697 bits per heavy atom. The van der Waals surface area contributed by atoms with Crippen LogP contribution in [0.2, 0.25) is 0 Å². The van der Waals surface area contributed by atoms with Gasteiger partial charge in [-0.25, -0.2) is 9.97 Å². The molecule has 0 amide bonds. The average molecular weight is 843 g/mol. The normalized spacial score (nSPS) is 11.9. The van der Waals surface area contributed by atoms with Crippen molar-refractivity contribution in [2.24, 2.45) is 0 Å². The maximum Gasteiger partial charge on any atom is 0.235 e. The number of aromatic nitrogens is 6. The van der Waals surface area contributed by atoms with Crippen LogP contribution in [0.5, 0.6) is 0 Å². The van der Waals surface area contributed by atoms with Gasteiger partial charge in [0.25, 0.3) is 0 Å². The summed E-state index contributed by atoms with van der Waals surface area (Å²) in [7, 11) is 0. The minimum Gasteiger partial charge on any atom is -0.309 e. The van der Waals surface area contributed by atoms with Gasteiger partial charge in [-0.1, -0.05) is 146 Å². The summed E-state index contributed by atoms with van der Waals surface area (Å²) in [5.41, 5.74) is 16.4. The Balaban J connectivity index is 0.945. The number of nitrogens with zero attached hydrogens (tertiary/aromatic N) is 6. The minimum absolute atomic E-state index is 0.662. The molecule has 0 bridgehead atoms. The van der Waals surface area contributed by atoms with Gasteiger partial charge in [0.05, 0.1) is 50.2 Å². The van der Waals surface area contributed by atoms with Gasteiger partial charge in [-0.3, -0.25) is 4.40 Å². The van der Waals surface area contributed by atoms with Gasteiger partial charge < -0.3 is 13.7 Å². The van der Waals surface area contributed by atoms with Crippen LogP contribution < -0.4 is 0 Å². The van der Waals surface area contributed by atoms with Crippen molar-refractivity contribution >= 4 is 71.2 Å². The molecule has 0 saturated carbocycles. The zero-order valence-electron chi connectivity index (χ0n) is 35.6. The van der Waals surface area contributed by atoms with Crippen molar-refractivity contribution in [1.29, 1.82) is 0 Å². The molecule has 66 heavy (non-hydrogen) atoms. The molecule has 308 valence electrons. The lowest BCUT2D eigenvalue weighted by molar-refractivity contribution is 1.11. The Labute approximate surface area is 379 Å². The molecule has 0 aliphatic carbocycles. The quantitative estimate of drug-likeness (QED) is 0.167. The molecule has 5 heterocycles. The molecular formula is C60H38N6. The van der Waals surface area contributed by atoms with Crippen molar-refractivity contribution in [3.63, 3.8) is 0 Å². The molecule has 0 N–H and O–H groups in total. The zero-order valence-corrected chi connectivity index (χ0v) is 35.6. The summed E-state index contributed by atoms with van der Waals surface area (Å²) < 4.78 is 9.33. The molecular weight excluding hydrogens is 805 g/mol. The number of imidazole rings is 1. The van der Waals surface area contributed by atoms with E-state index in [0.29, 0.717) is 5.78 Å². The van der Waals surface area contributed by atoms with E-state index in [9.17, 15) is 0 Å². The van der Waals surface area contributed by atoms with E-state index in [0.717, 1.165) is 61.9 Å². The highest BCUT2D eigenvalue weighted by Gasteiger charge is 2.21. The first-order chi connectivity index (χ1) is 32.7. The van der Waals surface area contributed by atoms with Crippen LogP contribution in [0.1, 0.15) is 0 Å². The van der Waals surface area contributed by atoms with Gasteiger partial charge in [-0.15, -0.1) is 0 Å². The van der Waals surface area contributed by atoms with Crippen LogP contribution in [-0.2, 0) is 0 Å². The zero-order chi connectivity index (χ0) is 43.3. The van der Waals surface area contributed by atoms with E-state index < -0.39 is 0 Å². The van der Waals surface area contributed by atoms with E-state index >= 15 is 0 Å². The monoisotopic (exact) mass is 842 g/mol. The van der Waals surface area contributed by atoms with Crippen molar-refractivity contribution < 1.29 is 0 Å². The number of hydrogen-bond donors (Lipinski definition) is 0. The SMILES string of the molecule is c1ccc(-c2nc3nc(-c4ccc(-n5c6ccc(-n7c8ccccc8c8ccccc87)cc6c6cc(-n7c8ccccc8c8ccccc87)ccc65)cc4)ccn3c2-c2ccccc2)cc1. The highest BCUT2D eigenvalue weighted by molar-refractivity contribution is 6.14. The van der Waals surface area contributed by atoms with Crippen molar-refractivity contribution in [2.75, 3.05) is 0 Å². The Kier molecular flexibility index (Phi) is 7.88. The van der Waals surface area contributed by atoms with Crippen molar-refractivity contribution in [1.82, 2.24) is 28.1 Å². The largest absolute Gasteiger partial charge is 0.309 e. The fraction of sp³-hybridized carbons (Fsp3) is 0. The van der Waals surface area contributed by atoms with Crippen LogP contribution in [0.3, 0.4) is 0 Å². The fourth-order valence-electron chi connectivity index (χ4n) is 10.5. The summed E-state index contributed by atoms with van der Waals surface area (Å²) in [6.45, 7) is 0. The van der Waals surface area contributed by atoms with Gasteiger partial charge in [-0.05, 0) is 78.9 Å². The number of hydrogen-bond acceptors (Lipinski definition) is 2. The predicted molar refractivity (Wildman–Crippen MR) is 272 cm³/mol. The Morgan fingerprint density at radius 1 is 0.288 bits per heavy atom. The van der Waals surface area contributed by atoms with Crippen LogP contribution in [-0.4, -0.2) is 28.1 Å². The van der Waals surface area contributed by atoms with Crippen LogP contribution in [0, 0.1) is 0 Å². The number of para-hydroxylation sites is 4. The minimum atomic E-state index is 0.662. The second kappa shape index (κ2) is 14.3. The van der Waals surface area contributed by atoms with Crippen LogP contribution in [0.15, 0.2) is 231 Å². The Bertz CT molecular complexity index is 3930. The van der Waals surface area contributed by atoms with Gasteiger partial charge in [0, 0.05) is 72.3 Å². The first-order valence-corrected chi connectivity index (χ1v) is 22.4. The molecule has 0 aliphatic heterocycles. The lowest BCUT2D eigenvalue weighted by Gasteiger charge is -2.11. The van der Waals surface area contributed by atoms with Gasteiger partial charge >= 0.3 is 0 Å². The van der Waals surface area contributed by atoms with Gasteiger partial charge in [0.2, 0.25) is 5.78 Å². The third-order valence-corrected chi connectivity index (χ3v) is 13.4. The highest BCUT2D eigenvalue weighted by Crippen LogP contribution is 2.40. The topological polar surface area (TPSA) is 45.0 Å². The standard InChI is InChI=1S/C60H38N6/c1-3-15-40(16-4-1)58-59(41-17-5-2-6-18-41)63-36-35-51(61-60(63)62-58)39-27-29-42(30-28-39)64-56-33-31-43(65-52-23-11-7-19-45(52)46-20-8-12-24-53(46)65)37-49(56)50-38-44(32-34-57(50)64)66-54-25-13-9-21-47(54)48-22-10-14-26-55(48)66/h1-38H. The van der Waals surface area contributed by atoms with E-state index in [1.165, 1.54) is 54.4 Å². The van der Waals surface area contributed by atoms with E-state index in [2.05, 4.69) is 237 Å². The lowest BCUT2D eigenvalue weighted by Crippen LogP contribution is -1.97. The van der Waals surface area contributed by atoms with Crippen LogP contribution >= 0.6 is 0 Å². The maximum absolute atomic E-state index is 5.16. The molecule has 0 atom stereocenters. The summed E-state index contributed by atoms with van der Waals surface area (Å²) in [5.74, 6) is 0.662. The number of rotatable bonds is 6. The predicted octanol–water partition coefficient (Wildman–Crippen LogP) is 15.0. The van der Waals surface area contributed by atoms with Crippen LogP contribution in [0.4, 0.5) is 0 Å². The molecule has 0 fully saturated rings. The number of fused-ring (bicyclic) bond motifs is 10. The first-order valence-electron chi connectivity index (χ1n) is 22.4. The van der Waals surface area contributed by atoms with E-state index in [1.807, 2.05) is 12.1 Å². The first kappa shape index (κ1) is 36.5. The molecule has 14 aromatic rings. The van der Waals surface area contributed by atoms with Crippen molar-refractivity contribution in [3.8, 4) is 50.8 Å². The molecule has 0 aliphatic rings. The molecule has 0 saturated heterocycles. The molecule has 0 spiro atoms. The van der Waals surface area contributed by atoms with Crippen molar-refractivity contribution in [2.45, 2.75) is 0 Å². The Morgan fingerprint density at radius 3 is 1.20 bits per heavy atom. The maximum atomic E-state index is 5.16. The summed E-state index contributed by atoms with van der Waals surface area (Å²) in [4.78, 5) is 10.3. The average Bonchev–Trinajstić information content (AvgIpc) is 4.13. The van der Waals surface area contributed by atoms with Gasteiger partial charge in [0.1, 0.15) is 0 Å². The molecule has 0 radical (unpaired) electrons. The summed E-state index contributed by atoms with van der Waals surface area (Å²) >= 11 is 0. The smallest absolute Gasteiger partial charge is 0.235 e. The molecule has 0 unspecified atom stereocenters. The molecule has 14 rings (SSSR count). The molecule has 6 heteroatoms. The fourth-order valence-corrected chi connectivity index (χ4v) is 10.5. The number of benzene rings is 9. The summed E-state index contributed by atoms with van der Waals surface area (Å²) in [6.07, 6.45) is 2.10. The second-order valence-electron chi connectivity index (χ2n) is 17.0. The third kappa shape index (κ3) is 5.42.